The van der Waals surface area contributed by atoms with Gasteiger partial charge in [-0.15, -0.1) is 0 Å². The van der Waals surface area contributed by atoms with Gasteiger partial charge in [0.2, 0.25) is 0 Å². The summed E-state index contributed by atoms with van der Waals surface area (Å²) in [4.78, 5) is 22.4. The van der Waals surface area contributed by atoms with Crippen molar-refractivity contribution in [2.75, 3.05) is 13.7 Å². The molecule has 0 aromatic heterocycles. The van der Waals surface area contributed by atoms with Crippen LogP contribution < -0.4 is 10.6 Å². The Bertz CT molecular complexity index is 459. The van der Waals surface area contributed by atoms with Crippen LogP contribution in [-0.4, -0.2) is 36.9 Å². The summed E-state index contributed by atoms with van der Waals surface area (Å²) in [5.74, 6) is -1.11. The van der Waals surface area contributed by atoms with Crippen LogP contribution in [0.5, 0.6) is 0 Å². The maximum Gasteiger partial charge on any atom is 0.334 e. The zero-order valence-electron chi connectivity index (χ0n) is 11.8. The third-order valence-corrected chi connectivity index (χ3v) is 2.93. The second-order valence-corrected chi connectivity index (χ2v) is 4.55. The van der Waals surface area contributed by atoms with Crippen molar-refractivity contribution in [2.24, 2.45) is 0 Å². The lowest BCUT2D eigenvalue weighted by Crippen LogP contribution is -2.43. The molecule has 2 amide bonds. The van der Waals surface area contributed by atoms with Gasteiger partial charge in [0.1, 0.15) is 0 Å². The molecule has 1 aromatic carbocycles. The van der Waals surface area contributed by atoms with Crippen molar-refractivity contribution in [3.8, 4) is 0 Å². The number of hydrogen-bond acceptors (Lipinski definition) is 3. The van der Waals surface area contributed by atoms with Crippen molar-refractivity contribution < 1.29 is 19.4 Å². The molecule has 0 radical (unpaired) electrons. The highest BCUT2D eigenvalue weighted by molar-refractivity contribution is 5.77. The van der Waals surface area contributed by atoms with Crippen molar-refractivity contribution in [2.45, 2.75) is 26.0 Å². The normalized spacial score (nSPS) is 13.3. The fourth-order valence-electron chi connectivity index (χ4n) is 1.64. The van der Waals surface area contributed by atoms with E-state index >= 15 is 0 Å². The predicted octanol–water partition coefficient (Wildman–Crippen LogP) is 1.45. The van der Waals surface area contributed by atoms with E-state index in [-0.39, 0.29) is 12.6 Å². The van der Waals surface area contributed by atoms with E-state index in [4.69, 9.17) is 9.84 Å². The minimum absolute atomic E-state index is 0.0850. The number of methoxy groups -OCH3 is 1. The number of carbonyl (C=O) groups is 2. The summed E-state index contributed by atoms with van der Waals surface area (Å²) in [6.45, 7) is 3.76. The maximum atomic E-state index is 11.7. The first-order valence-corrected chi connectivity index (χ1v) is 6.30. The molecule has 2 atom stereocenters. The smallest absolute Gasteiger partial charge is 0.334 e. The Morgan fingerprint density at radius 1 is 1.30 bits per heavy atom. The van der Waals surface area contributed by atoms with Crippen molar-refractivity contribution in [3.63, 3.8) is 0 Å². The number of amides is 2. The van der Waals surface area contributed by atoms with Gasteiger partial charge in [-0.2, -0.15) is 0 Å². The van der Waals surface area contributed by atoms with Gasteiger partial charge in [0, 0.05) is 7.11 Å². The first kappa shape index (κ1) is 16.0. The summed E-state index contributed by atoms with van der Waals surface area (Å²) < 4.78 is 4.72. The number of aliphatic carboxylic acids is 1. The Balaban J connectivity index is 2.45. The second kappa shape index (κ2) is 7.49. The number of carbonyl (C=O) groups excluding carboxylic acids is 1. The molecule has 1 rings (SSSR count). The van der Waals surface area contributed by atoms with E-state index in [1.54, 1.807) is 0 Å². The van der Waals surface area contributed by atoms with Crippen LogP contribution in [0.2, 0.25) is 0 Å². The molecule has 110 valence electrons. The van der Waals surface area contributed by atoms with Gasteiger partial charge in [0.05, 0.1) is 12.6 Å². The number of hydrogen-bond donors (Lipinski definition) is 3. The third kappa shape index (κ3) is 4.89. The minimum atomic E-state index is -1.11. The van der Waals surface area contributed by atoms with Gasteiger partial charge in [-0.3, -0.25) is 0 Å². The summed E-state index contributed by atoms with van der Waals surface area (Å²) in [5, 5.41) is 14.0. The van der Waals surface area contributed by atoms with Crippen LogP contribution in [0.15, 0.2) is 24.3 Å². The third-order valence-electron chi connectivity index (χ3n) is 2.93. The SMILES string of the molecule is COC(CNC(=O)NC(C)c1ccc(C)cc1)C(=O)O. The lowest BCUT2D eigenvalue weighted by atomic mass is 10.1. The average Bonchev–Trinajstić information content (AvgIpc) is 2.39. The fraction of sp³-hybridized carbons (Fsp3) is 0.429. The topological polar surface area (TPSA) is 87.7 Å². The van der Waals surface area contributed by atoms with Crippen LogP contribution in [0, 0.1) is 6.92 Å². The quantitative estimate of drug-likeness (QED) is 0.736. The number of rotatable bonds is 6. The lowest BCUT2D eigenvalue weighted by molar-refractivity contribution is -0.147. The van der Waals surface area contributed by atoms with Crippen molar-refractivity contribution in [1.29, 1.82) is 0 Å². The average molecular weight is 280 g/mol. The lowest BCUT2D eigenvalue weighted by Gasteiger charge is -2.16. The molecule has 0 spiro atoms. The Hall–Kier alpha value is -2.08. The van der Waals surface area contributed by atoms with Crippen molar-refractivity contribution in [3.05, 3.63) is 35.4 Å². The van der Waals surface area contributed by atoms with Gasteiger partial charge < -0.3 is 20.5 Å². The first-order valence-electron chi connectivity index (χ1n) is 6.30. The molecule has 6 heteroatoms. The molecule has 20 heavy (non-hydrogen) atoms. The molecule has 0 saturated carbocycles. The van der Waals surface area contributed by atoms with Gasteiger partial charge in [-0.25, -0.2) is 9.59 Å². The largest absolute Gasteiger partial charge is 0.479 e. The Morgan fingerprint density at radius 2 is 1.90 bits per heavy atom. The molecule has 0 aliphatic carbocycles. The van der Waals surface area contributed by atoms with Gasteiger partial charge >= 0.3 is 12.0 Å². The first-order chi connectivity index (χ1) is 9.43. The van der Waals surface area contributed by atoms with Crippen LogP contribution in [0.3, 0.4) is 0 Å². The maximum absolute atomic E-state index is 11.7. The summed E-state index contributed by atoms with van der Waals surface area (Å²) in [6.07, 6.45) is -1.05. The highest BCUT2D eigenvalue weighted by atomic mass is 16.5. The number of ether oxygens (including phenoxy) is 1. The molecular formula is C14H20N2O4. The predicted molar refractivity (Wildman–Crippen MR) is 74.6 cm³/mol. The van der Waals surface area contributed by atoms with Crippen LogP contribution in [0.25, 0.3) is 0 Å². The van der Waals surface area contributed by atoms with Crippen LogP contribution >= 0.6 is 0 Å². The molecule has 2 unspecified atom stereocenters. The van der Waals surface area contributed by atoms with Gasteiger partial charge in [-0.05, 0) is 19.4 Å². The van der Waals surface area contributed by atoms with Crippen LogP contribution in [0.1, 0.15) is 24.1 Å². The number of aryl methyl sites for hydroxylation is 1. The zero-order valence-corrected chi connectivity index (χ0v) is 11.8. The second-order valence-electron chi connectivity index (χ2n) is 4.55. The highest BCUT2D eigenvalue weighted by Gasteiger charge is 2.17. The molecule has 0 bridgehead atoms. The van der Waals surface area contributed by atoms with E-state index in [1.165, 1.54) is 7.11 Å². The Morgan fingerprint density at radius 3 is 2.40 bits per heavy atom. The summed E-state index contributed by atoms with van der Waals surface area (Å²) in [6, 6.07) is 7.22. The number of nitrogens with one attached hydrogen (secondary N) is 2. The molecule has 0 fully saturated rings. The van der Waals surface area contributed by atoms with Gasteiger partial charge in [-0.1, -0.05) is 29.8 Å². The van der Waals surface area contributed by atoms with Crippen LogP contribution in [0.4, 0.5) is 4.79 Å². The number of benzene rings is 1. The molecule has 0 aliphatic rings. The monoisotopic (exact) mass is 280 g/mol. The zero-order chi connectivity index (χ0) is 15.1. The number of carboxylic acid groups (broad SMARTS) is 1. The Kier molecular flexibility index (Phi) is 5.99. The minimum Gasteiger partial charge on any atom is -0.479 e. The number of carboxylic acids is 1. The fourth-order valence-corrected chi connectivity index (χ4v) is 1.64. The molecule has 0 heterocycles. The van der Waals surface area contributed by atoms with E-state index < -0.39 is 18.1 Å². The summed E-state index contributed by atoms with van der Waals surface area (Å²) in [5.41, 5.74) is 2.13. The van der Waals surface area contributed by atoms with Gasteiger partial charge in [0.15, 0.2) is 6.10 Å². The van der Waals surface area contributed by atoms with Crippen LogP contribution in [-0.2, 0) is 9.53 Å². The molecule has 0 aliphatic heterocycles. The molecule has 6 nitrogen and oxygen atoms in total. The van der Waals surface area contributed by atoms with E-state index in [0.29, 0.717) is 0 Å². The molecular weight excluding hydrogens is 260 g/mol. The Labute approximate surface area is 118 Å². The van der Waals surface area contributed by atoms with Gasteiger partial charge in [0.25, 0.3) is 0 Å². The van der Waals surface area contributed by atoms with E-state index in [2.05, 4.69) is 10.6 Å². The number of urea groups is 1. The summed E-state index contributed by atoms with van der Waals surface area (Å²) in [7, 11) is 1.29. The standard InChI is InChI=1S/C14H20N2O4/c1-9-4-6-11(7-5-9)10(2)16-14(19)15-8-12(20-3)13(17)18/h4-7,10,12H,8H2,1-3H3,(H,17,18)(H2,15,16,19). The summed E-state index contributed by atoms with van der Waals surface area (Å²) >= 11 is 0. The van der Waals surface area contributed by atoms with E-state index in [1.807, 2.05) is 38.1 Å². The molecule has 3 N–H and O–H groups in total. The van der Waals surface area contributed by atoms with Crippen molar-refractivity contribution >= 4 is 12.0 Å². The molecule has 0 saturated heterocycles. The van der Waals surface area contributed by atoms with Crippen molar-refractivity contribution in [1.82, 2.24) is 10.6 Å². The van der Waals surface area contributed by atoms with E-state index in [0.717, 1.165) is 11.1 Å². The van der Waals surface area contributed by atoms with E-state index in [9.17, 15) is 9.59 Å². The molecule has 1 aromatic rings. The highest BCUT2D eigenvalue weighted by Crippen LogP contribution is 2.12.